The minimum absolute atomic E-state index is 0.241. The highest BCUT2D eigenvalue weighted by molar-refractivity contribution is 5.48. The number of ether oxygens (including phenoxy) is 2. The van der Waals surface area contributed by atoms with Crippen molar-refractivity contribution in [1.29, 1.82) is 0 Å². The lowest BCUT2D eigenvalue weighted by Gasteiger charge is -2.39. The molecule has 1 unspecified atom stereocenters. The standard InChI is InChI=1S/C17H26O2/c1-8-14-9-11-15(12-10-14)18-17(7,13(2)3)19-16(4,5)6/h8-13H,1H2,2-7H3. The fourth-order valence-corrected chi connectivity index (χ4v) is 1.77. The van der Waals surface area contributed by atoms with Crippen molar-refractivity contribution in [3.05, 3.63) is 36.4 Å². The molecule has 1 aromatic rings. The van der Waals surface area contributed by atoms with Crippen LogP contribution in [0.4, 0.5) is 0 Å². The second-order valence-corrected chi connectivity index (χ2v) is 6.26. The maximum atomic E-state index is 6.10. The smallest absolute Gasteiger partial charge is 0.210 e. The Balaban J connectivity index is 2.91. The molecule has 1 rings (SSSR count). The lowest BCUT2D eigenvalue weighted by Crippen LogP contribution is -2.46. The van der Waals surface area contributed by atoms with E-state index >= 15 is 0 Å². The zero-order valence-corrected chi connectivity index (χ0v) is 13.0. The lowest BCUT2D eigenvalue weighted by molar-refractivity contribution is -0.247. The summed E-state index contributed by atoms with van der Waals surface area (Å²) in [7, 11) is 0. The van der Waals surface area contributed by atoms with Gasteiger partial charge in [0.2, 0.25) is 5.79 Å². The van der Waals surface area contributed by atoms with E-state index in [0.29, 0.717) is 0 Å². The van der Waals surface area contributed by atoms with E-state index in [0.717, 1.165) is 11.3 Å². The van der Waals surface area contributed by atoms with Gasteiger partial charge in [-0.1, -0.05) is 38.6 Å². The van der Waals surface area contributed by atoms with Crippen LogP contribution in [-0.4, -0.2) is 11.4 Å². The third kappa shape index (κ3) is 4.71. The number of benzene rings is 1. The van der Waals surface area contributed by atoms with Crippen molar-refractivity contribution in [2.45, 2.75) is 52.9 Å². The Kier molecular flexibility index (Phi) is 4.81. The highest BCUT2D eigenvalue weighted by Crippen LogP contribution is 2.30. The molecule has 0 saturated heterocycles. The number of hydrogen-bond donors (Lipinski definition) is 0. The van der Waals surface area contributed by atoms with Gasteiger partial charge in [-0.3, -0.25) is 0 Å². The first-order valence-corrected chi connectivity index (χ1v) is 6.78. The summed E-state index contributed by atoms with van der Waals surface area (Å²) in [6.07, 6.45) is 1.82. The Morgan fingerprint density at radius 3 is 1.95 bits per heavy atom. The van der Waals surface area contributed by atoms with Gasteiger partial charge >= 0.3 is 0 Å². The Bertz CT molecular complexity index is 412. The van der Waals surface area contributed by atoms with Crippen molar-refractivity contribution in [1.82, 2.24) is 0 Å². The normalized spacial score (nSPS) is 15.1. The molecule has 0 fully saturated rings. The van der Waals surface area contributed by atoms with E-state index in [9.17, 15) is 0 Å². The molecule has 2 heteroatoms. The van der Waals surface area contributed by atoms with Gasteiger partial charge in [-0.25, -0.2) is 0 Å². The Hall–Kier alpha value is -1.28. The van der Waals surface area contributed by atoms with Crippen LogP contribution >= 0.6 is 0 Å². The molecule has 0 aliphatic carbocycles. The van der Waals surface area contributed by atoms with Crippen molar-refractivity contribution in [2.75, 3.05) is 0 Å². The van der Waals surface area contributed by atoms with Crippen molar-refractivity contribution in [3.8, 4) is 5.75 Å². The van der Waals surface area contributed by atoms with Gasteiger partial charge in [0, 0.05) is 12.8 Å². The first-order chi connectivity index (χ1) is 8.66. The highest BCUT2D eigenvalue weighted by atomic mass is 16.7. The van der Waals surface area contributed by atoms with Crippen LogP contribution < -0.4 is 4.74 Å². The number of rotatable bonds is 5. The Morgan fingerprint density at radius 1 is 1.05 bits per heavy atom. The van der Waals surface area contributed by atoms with Crippen molar-refractivity contribution < 1.29 is 9.47 Å². The summed E-state index contributed by atoms with van der Waals surface area (Å²) >= 11 is 0. The molecule has 0 bridgehead atoms. The van der Waals surface area contributed by atoms with Crippen molar-refractivity contribution in [2.24, 2.45) is 5.92 Å². The van der Waals surface area contributed by atoms with Crippen LogP contribution in [0.3, 0.4) is 0 Å². The van der Waals surface area contributed by atoms with E-state index < -0.39 is 5.79 Å². The molecule has 0 N–H and O–H groups in total. The van der Waals surface area contributed by atoms with Gasteiger partial charge in [0.05, 0.1) is 5.60 Å². The van der Waals surface area contributed by atoms with E-state index in [1.54, 1.807) is 0 Å². The molecule has 1 aromatic carbocycles. The quantitative estimate of drug-likeness (QED) is 0.703. The van der Waals surface area contributed by atoms with E-state index in [1.807, 2.05) is 58.0 Å². The first kappa shape index (κ1) is 15.8. The Morgan fingerprint density at radius 2 is 1.58 bits per heavy atom. The fourth-order valence-electron chi connectivity index (χ4n) is 1.77. The maximum Gasteiger partial charge on any atom is 0.210 e. The van der Waals surface area contributed by atoms with Gasteiger partial charge < -0.3 is 9.47 Å². The highest BCUT2D eigenvalue weighted by Gasteiger charge is 2.36. The molecule has 106 valence electrons. The largest absolute Gasteiger partial charge is 0.462 e. The molecule has 2 nitrogen and oxygen atoms in total. The molecule has 0 radical (unpaired) electrons. The van der Waals surface area contributed by atoms with Gasteiger partial charge in [0.25, 0.3) is 0 Å². The molecule has 0 saturated carbocycles. The summed E-state index contributed by atoms with van der Waals surface area (Å²) in [4.78, 5) is 0. The zero-order chi connectivity index (χ0) is 14.7. The van der Waals surface area contributed by atoms with Crippen LogP contribution in [0, 0.1) is 5.92 Å². The minimum atomic E-state index is -0.645. The fraction of sp³-hybridized carbons (Fsp3) is 0.529. The summed E-state index contributed by atoms with van der Waals surface area (Å²) in [5.41, 5.74) is 0.829. The SMILES string of the molecule is C=Cc1ccc(OC(C)(OC(C)(C)C)C(C)C)cc1. The molecular weight excluding hydrogens is 236 g/mol. The molecule has 19 heavy (non-hydrogen) atoms. The average Bonchev–Trinajstić information content (AvgIpc) is 2.27. The van der Waals surface area contributed by atoms with Crippen LogP contribution in [-0.2, 0) is 4.74 Å². The monoisotopic (exact) mass is 262 g/mol. The van der Waals surface area contributed by atoms with Crippen LogP contribution in [0.25, 0.3) is 6.08 Å². The lowest BCUT2D eigenvalue weighted by atomic mass is 10.0. The van der Waals surface area contributed by atoms with E-state index in [2.05, 4.69) is 20.4 Å². The second-order valence-electron chi connectivity index (χ2n) is 6.26. The predicted octanol–water partition coefficient (Wildman–Crippen LogP) is 4.90. The molecule has 0 spiro atoms. The third-order valence-electron chi connectivity index (χ3n) is 2.99. The molecule has 0 heterocycles. The van der Waals surface area contributed by atoms with E-state index in [1.165, 1.54) is 0 Å². The van der Waals surface area contributed by atoms with E-state index in [4.69, 9.17) is 9.47 Å². The minimum Gasteiger partial charge on any atom is -0.462 e. The third-order valence-corrected chi connectivity index (χ3v) is 2.99. The summed E-state index contributed by atoms with van der Waals surface area (Å²) in [6, 6.07) is 7.87. The van der Waals surface area contributed by atoms with Crippen molar-refractivity contribution >= 4 is 6.08 Å². The first-order valence-electron chi connectivity index (χ1n) is 6.78. The van der Waals surface area contributed by atoms with Crippen molar-refractivity contribution in [3.63, 3.8) is 0 Å². The maximum absolute atomic E-state index is 6.10. The topological polar surface area (TPSA) is 18.5 Å². The van der Waals surface area contributed by atoms with Crippen LogP contribution in [0.5, 0.6) is 5.75 Å². The average molecular weight is 262 g/mol. The van der Waals surface area contributed by atoms with Crippen LogP contribution in [0.2, 0.25) is 0 Å². The Labute approximate surface area is 117 Å². The molecule has 0 aromatic heterocycles. The molecule has 0 aliphatic heterocycles. The molecule has 1 atom stereocenters. The van der Waals surface area contributed by atoms with Gasteiger partial charge in [0.1, 0.15) is 5.75 Å². The molecule has 0 amide bonds. The van der Waals surface area contributed by atoms with Gasteiger partial charge in [0.15, 0.2) is 0 Å². The van der Waals surface area contributed by atoms with Crippen LogP contribution in [0.15, 0.2) is 30.8 Å². The second kappa shape index (κ2) is 5.79. The summed E-state index contributed by atoms with van der Waals surface area (Å²) < 4.78 is 12.2. The summed E-state index contributed by atoms with van der Waals surface area (Å²) in [5.74, 6) is 0.408. The predicted molar refractivity (Wildman–Crippen MR) is 81.2 cm³/mol. The number of hydrogen-bond acceptors (Lipinski definition) is 2. The summed E-state index contributed by atoms with van der Waals surface area (Å²) in [5, 5.41) is 0. The van der Waals surface area contributed by atoms with Gasteiger partial charge in [-0.2, -0.15) is 0 Å². The van der Waals surface area contributed by atoms with Gasteiger partial charge in [-0.15, -0.1) is 0 Å². The summed E-state index contributed by atoms with van der Waals surface area (Å²) in [6.45, 7) is 16.1. The molecular formula is C17H26O2. The zero-order valence-electron chi connectivity index (χ0n) is 13.0. The van der Waals surface area contributed by atoms with E-state index in [-0.39, 0.29) is 11.5 Å². The van der Waals surface area contributed by atoms with Crippen LogP contribution in [0.1, 0.15) is 47.1 Å². The van der Waals surface area contributed by atoms with Gasteiger partial charge in [-0.05, 0) is 38.5 Å². The molecule has 0 aliphatic rings.